The van der Waals surface area contributed by atoms with Gasteiger partial charge in [-0.1, -0.05) is 0 Å². The summed E-state index contributed by atoms with van der Waals surface area (Å²) < 4.78 is 44.1. The molecule has 0 spiro atoms. The van der Waals surface area contributed by atoms with Gasteiger partial charge in [0.1, 0.15) is 0 Å². The van der Waals surface area contributed by atoms with Crippen molar-refractivity contribution in [1.29, 1.82) is 0 Å². The highest BCUT2D eigenvalue weighted by atomic mass is 35.5. The van der Waals surface area contributed by atoms with Crippen LogP contribution >= 0.6 is 23.7 Å². The number of thiophene rings is 1. The normalized spacial score (nSPS) is 14.4. The Balaban J connectivity index is 0.00000200. The third-order valence-electron chi connectivity index (χ3n) is 2.89. The minimum absolute atomic E-state index is 0. The standard InChI is InChI=1S/C12H14F3NO2S.ClH/c1-2-18-10(17)5-9-11(12(13,14)15)7-6-16-4-3-8(7)19-9;/h16H,2-6H2,1H3;1H. The van der Waals surface area contributed by atoms with Gasteiger partial charge < -0.3 is 10.1 Å². The molecular weight excluding hydrogens is 315 g/mol. The van der Waals surface area contributed by atoms with Gasteiger partial charge in [0, 0.05) is 22.8 Å². The van der Waals surface area contributed by atoms with Crippen LogP contribution in [0.15, 0.2) is 0 Å². The molecule has 0 radical (unpaired) electrons. The molecule has 1 aromatic heterocycles. The number of hydrogen-bond donors (Lipinski definition) is 1. The Bertz CT molecular complexity index is 488. The largest absolute Gasteiger partial charge is 0.466 e. The molecule has 114 valence electrons. The Morgan fingerprint density at radius 1 is 1.45 bits per heavy atom. The van der Waals surface area contributed by atoms with E-state index in [2.05, 4.69) is 5.32 Å². The van der Waals surface area contributed by atoms with Gasteiger partial charge in [-0.05, 0) is 18.9 Å². The Morgan fingerprint density at radius 3 is 2.75 bits per heavy atom. The SMILES string of the molecule is CCOC(=O)Cc1sc2c(c1C(F)(F)F)CNCC2.Cl. The molecule has 2 rings (SSSR count). The van der Waals surface area contributed by atoms with Gasteiger partial charge in [-0.3, -0.25) is 4.79 Å². The third-order valence-corrected chi connectivity index (χ3v) is 4.18. The lowest BCUT2D eigenvalue weighted by Crippen LogP contribution is -2.24. The summed E-state index contributed by atoms with van der Waals surface area (Å²) in [6, 6.07) is 0. The predicted molar refractivity (Wildman–Crippen MR) is 72.3 cm³/mol. The molecule has 20 heavy (non-hydrogen) atoms. The van der Waals surface area contributed by atoms with E-state index in [9.17, 15) is 18.0 Å². The first-order valence-electron chi connectivity index (χ1n) is 6.00. The Hall–Kier alpha value is -0.790. The first-order chi connectivity index (χ1) is 8.93. The van der Waals surface area contributed by atoms with Crippen molar-refractivity contribution in [2.75, 3.05) is 13.2 Å². The minimum atomic E-state index is -4.43. The number of carbonyl (C=O) groups excluding carboxylic acids is 1. The van der Waals surface area contributed by atoms with Gasteiger partial charge >= 0.3 is 12.1 Å². The fourth-order valence-electron chi connectivity index (χ4n) is 2.17. The van der Waals surface area contributed by atoms with Crippen LogP contribution in [-0.4, -0.2) is 19.1 Å². The smallest absolute Gasteiger partial charge is 0.417 e. The maximum atomic E-state index is 13.1. The summed E-state index contributed by atoms with van der Waals surface area (Å²) in [6.45, 7) is 2.69. The van der Waals surface area contributed by atoms with E-state index in [-0.39, 0.29) is 36.9 Å². The van der Waals surface area contributed by atoms with Gasteiger partial charge in [-0.15, -0.1) is 23.7 Å². The molecule has 1 aromatic rings. The number of nitrogens with one attached hydrogen (secondary N) is 1. The van der Waals surface area contributed by atoms with Crippen molar-refractivity contribution in [2.45, 2.75) is 32.5 Å². The van der Waals surface area contributed by atoms with Crippen molar-refractivity contribution < 1.29 is 22.7 Å². The highest BCUT2D eigenvalue weighted by Crippen LogP contribution is 2.42. The van der Waals surface area contributed by atoms with E-state index < -0.39 is 17.7 Å². The van der Waals surface area contributed by atoms with Crippen molar-refractivity contribution in [3.05, 3.63) is 20.9 Å². The van der Waals surface area contributed by atoms with E-state index in [4.69, 9.17) is 4.74 Å². The average molecular weight is 330 g/mol. The maximum Gasteiger partial charge on any atom is 0.417 e. The number of hydrogen-bond acceptors (Lipinski definition) is 4. The molecule has 8 heteroatoms. The quantitative estimate of drug-likeness (QED) is 0.867. The molecule has 0 saturated heterocycles. The van der Waals surface area contributed by atoms with Crippen LogP contribution in [0.5, 0.6) is 0 Å². The second-order valence-electron chi connectivity index (χ2n) is 4.21. The third kappa shape index (κ3) is 3.65. The summed E-state index contributed by atoms with van der Waals surface area (Å²) in [5.41, 5.74) is -0.351. The number of ether oxygens (including phenoxy) is 1. The van der Waals surface area contributed by atoms with Crippen molar-refractivity contribution in [1.82, 2.24) is 5.32 Å². The second kappa shape index (κ2) is 6.78. The topological polar surface area (TPSA) is 38.3 Å². The van der Waals surface area contributed by atoms with Crippen molar-refractivity contribution in [3.63, 3.8) is 0 Å². The molecule has 1 aliphatic rings. The van der Waals surface area contributed by atoms with E-state index in [1.807, 2.05) is 0 Å². The molecule has 3 nitrogen and oxygen atoms in total. The van der Waals surface area contributed by atoms with Crippen LogP contribution in [0, 0.1) is 0 Å². The van der Waals surface area contributed by atoms with Crippen LogP contribution in [0.25, 0.3) is 0 Å². The molecule has 1 aliphatic heterocycles. The minimum Gasteiger partial charge on any atom is -0.466 e. The molecule has 0 aliphatic carbocycles. The lowest BCUT2D eigenvalue weighted by molar-refractivity contribution is -0.143. The highest BCUT2D eigenvalue weighted by Gasteiger charge is 2.40. The summed E-state index contributed by atoms with van der Waals surface area (Å²) in [5.74, 6) is -0.612. The number of halogens is 4. The lowest BCUT2D eigenvalue weighted by atomic mass is 10.0. The van der Waals surface area contributed by atoms with Crippen molar-refractivity contribution in [3.8, 4) is 0 Å². The molecule has 1 N–H and O–H groups in total. The summed E-state index contributed by atoms with van der Waals surface area (Å²) in [4.78, 5) is 12.2. The fourth-order valence-corrected chi connectivity index (χ4v) is 3.50. The van der Waals surface area contributed by atoms with Gasteiger partial charge in [0.25, 0.3) is 0 Å². The van der Waals surface area contributed by atoms with Gasteiger partial charge in [-0.25, -0.2) is 0 Å². The van der Waals surface area contributed by atoms with Crippen LogP contribution in [0.4, 0.5) is 13.2 Å². The summed E-state index contributed by atoms with van der Waals surface area (Å²) in [7, 11) is 0. The highest BCUT2D eigenvalue weighted by molar-refractivity contribution is 7.12. The number of alkyl halides is 3. The Kier molecular flexibility index (Phi) is 5.85. The van der Waals surface area contributed by atoms with Gasteiger partial charge in [0.15, 0.2) is 0 Å². The first kappa shape index (κ1) is 17.3. The molecule has 2 heterocycles. The van der Waals surface area contributed by atoms with Gasteiger partial charge in [0.05, 0.1) is 18.6 Å². The Labute approximate surface area is 124 Å². The van der Waals surface area contributed by atoms with Crippen LogP contribution in [-0.2, 0) is 35.1 Å². The fraction of sp³-hybridized carbons (Fsp3) is 0.583. The van der Waals surface area contributed by atoms with E-state index in [1.54, 1.807) is 6.92 Å². The molecular formula is C12H15ClF3NO2S. The van der Waals surface area contributed by atoms with Crippen LogP contribution in [0.1, 0.15) is 27.8 Å². The summed E-state index contributed by atoms with van der Waals surface area (Å²) >= 11 is 1.08. The number of esters is 1. The van der Waals surface area contributed by atoms with Crippen LogP contribution in [0.2, 0.25) is 0 Å². The maximum absolute atomic E-state index is 13.1. The first-order valence-corrected chi connectivity index (χ1v) is 6.82. The second-order valence-corrected chi connectivity index (χ2v) is 5.40. The van der Waals surface area contributed by atoms with Crippen molar-refractivity contribution in [2.24, 2.45) is 0 Å². The molecule has 0 unspecified atom stereocenters. The predicted octanol–water partition coefficient (Wildman–Crippen LogP) is 2.94. The van der Waals surface area contributed by atoms with E-state index >= 15 is 0 Å². The molecule has 0 bridgehead atoms. The van der Waals surface area contributed by atoms with E-state index in [0.717, 1.165) is 16.2 Å². The molecule has 0 fully saturated rings. The van der Waals surface area contributed by atoms with Gasteiger partial charge in [0.2, 0.25) is 0 Å². The van der Waals surface area contributed by atoms with E-state index in [0.29, 0.717) is 18.5 Å². The summed E-state index contributed by atoms with van der Waals surface area (Å²) in [6.07, 6.45) is -4.16. The van der Waals surface area contributed by atoms with E-state index in [1.165, 1.54) is 0 Å². The number of fused-ring (bicyclic) bond motifs is 1. The zero-order chi connectivity index (χ0) is 14.0. The van der Waals surface area contributed by atoms with Crippen LogP contribution in [0.3, 0.4) is 0 Å². The Morgan fingerprint density at radius 2 is 2.15 bits per heavy atom. The molecule has 0 atom stereocenters. The van der Waals surface area contributed by atoms with Crippen LogP contribution < -0.4 is 5.32 Å². The zero-order valence-corrected chi connectivity index (χ0v) is 12.4. The van der Waals surface area contributed by atoms with Crippen molar-refractivity contribution >= 4 is 29.7 Å². The zero-order valence-electron chi connectivity index (χ0n) is 10.8. The molecule has 0 saturated carbocycles. The summed E-state index contributed by atoms with van der Waals surface area (Å²) in [5, 5.41) is 2.94. The molecule has 0 amide bonds. The average Bonchev–Trinajstić information content (AvgIpc) is 2.66. The molecule has 0 aromatic carbocycles. The number of carbonyl (C=O) groups is 1. The van der Waals surface area contributed by atoms with Gasteiger partial charge in [-0.2, -0.15) is 13.2 Å². The number of rotatable bonds is 3. The lowest BCUT2D eigenvalue weighted by Gasteiger charge is -2.16. The monoisotopic (exact) mass is 329 g/mol.